The van der Waals surface area contributed by atoms with E-state index >= 15 is 0 Å². The molecular formula is C26H40O4Si. The van der Waals surface area contributed by atoms with Crippen LogP contribution in [0.25, 0.3) is 0 Å². The number of hydrogen-bond donors (Lipinski definition) is 0. The highest BCUT2D eigenvalue weighted by Crippen LogP contribution is 2.43. The van der Waals surface area contributed by atoms with E-state index in [2.05, 4.69) is 46.5 Å². The fourth-order valence-electron chi connectivity index (χ4n) is 3.67. The van der Waals surface area contributed by atoms with Gasteiger partial charge in [-0.25, -0.2) is 0 Å². The molecule has 5 heteroatoms. The monoisotopic (exact) mass is 444 g/mol. The quantitative estimate of drug-likeness (QED) is 0.295. The fourth-order valence-corrected chi connectivity index (χ4v) is 4.72. The van der Waals surface area contributed by atoms with Crippen molar-refractivity contribution in [3.8, 4) is 5.75 Å². The van der Waals surface area contributed by atoms with Crippen LogP contribution in [0.5, 0.6) is 5.75 Å². The van der Waals surface area contributed by atoms with Crippen molar-refractivity contribution < 1.29 is 18.7 Å². The first-order valence-electron chi connectivity index (χ1n) is 11.2. The molecule has 0 aromatic heterocycles. The summed E-state index contributed by atoms with van der Waals surface area (Å²) in [5, 5.41) is 0.144. The van der Waals surface area contributed by atoms with Gasteiger partial charge in [-0.15, -0.1) is 6.58 Å². The Balaban J connectivity index is 2.16. The maximum absolute atomic E-state index is 11.9. The minimum Gasteiger partial charge on any atom is -0.497 e. The topological polar surface area (TPSA) is 44.8 Å². The molecule has 1 aromatic carbocycles. The summed E-state index contributed by atoms with van der Waals surface area (Å²) in [5.74, 6) is 1.19. The molecule has 0 N–H and O–H groups in total. The molecule has 0 aliphatic heterocycles. The lowest BCUT2D eigenvalue weighted by atomic mass is 9.67. The summed E-state index contributed by atoms with van der Waals surface area (Å²) in [6, 6.07) is 7.95. The average Bonchev–Trinajstić information content (AvgIpc) is 2.72. The third-order valence-electron chi connectivity index (χ3n) is 6.97. The van der Waals surface area contributed by atoms with Gasteiger partial charge in [-0.1, -0.05) is 45.1 Å². The molecule has 0 unspecified atom stereocenters. The van der Waals surface area contributed by atoms with Crippen LogP contribution in [0.1, 0.15) is 45.6 Å². The summed E-state index contributed by atoms with van der Waals surface area (Å²) in [4.78, 5) is 11.9. The number of benzene rings is 1. The van der Waals surface area contributed by atoms with Crippen LogP contribution in [0, 0.1) is 11.3 Å². The second kappa shape index (κ2) is 10.8. The molecular weight excluding hydrogens is 404 g/mol. The van der Waals surface area contributed by atoms with E-state index in [1.807, 2.05) is 30.3 Å². The van der Waals surface area contributed by atoms with Gasteiger partial charge in [-0.2, -0.15) is 0 Å². The van der Waals surface area contributed by atoms with E-state index in [1.165, 1.54) is 0 Å². The smallest absolute Gasteiger partial charge is 0.191 e. The van der Waals surface area contributed by atoms with Gasteiger partial charge in [-0.05, 0) is 60.2 Å². The molecule has 0 saturated carbocycles. The number of allylic oxidation sites excluding steroid dienone is 3. The van der Waals surface area contributed by atoms with Crippen LogP contribution in [-0.2, 0) is 20.6 Å². The number of ether oxygens (including phenoxy) is 2. The molecule has 0 radical (unpaired) electrons. The maximum Gasteiger partial charge on any atom is 0.191 e. The predicted octanol–water partition coefficient (Wildman–Crippen LogP) is 6.33. The average molecular weight is 445 g/mol. The molecule has 0 heterocycles. The SMILES string of the molecule is C=CC[C@@]1([C@H](COCc2ccc(OC)cc2)CO[Si](C)(C)C(C)(C)C)C=CC(=O)CC1. The second-order valence-electron chi connectivity index (χ2n) is 10.2. The van der Waals surface area contributed by atoms with E-state index in [4.69, 9.17) is 13.9 Å². The highest BCUT2D eigenvalue weighted by molar-refractivity contribution is 6.74. The fraction of sp³-hybridized carbons (Fsp3) is 0.577. The molecule has 1 aliphatic carbocycles. The maximum atomic E-state index is 11.9. The molecule has 31 heavy (non-hydrogen) atoms. The summed E-state index contributed by atoms with van der Waals surface area (Å²) in [6.07, 6.45) is 8.00. The van der Waals surface area contributed by atoms with Gasteiger partial charge in [0.1, 0.15) is 5.75 Å². The van der Waals surface area contributed by atoms with Crippen molar-refractivity contribution in [2.75, 3.05) is 20.3 Å². The van der Waals surface area contributed by atoms with E-state index in [1.54, 1.807) is 13.2 Å². The Morgan fingerprint density at radius 1 is 1.19 bits per heavy atom. The number of carbonyl (C=O) groups excluding carboxylic acids is 1. The lowest BCUT2D eigenvalue weighted by molar-refractivity contribution is -0.116. The van der Waals surface area contributed by atoms with Crippen molar-refractivity contribution in [2.45, 2.75) is 64.8 Å². The van der Waals surface area contributed by atoms with Crippen LogP contribution in [-0.4, -0.2) is 34.4 Å². The van der Waals surface area contributed by atoms with Crippen LogP contribution in [0.15, 0.2) is 49.1 Å². The molecule has 0 fully saturated rings. The van der Waals surface area contributed by atoms with Crippen molar-refractivity contribution in [2.24, 2.45) is 11.3 Å². The van der Waals surface area contributed by atoms with Gasteiger partial charge in [0, 0.05) is 18.9 Å². The Kier molecular flexibility index (Phi) is 8.87. The highest BCUT2D eigenvalue weighted by atomic mass is 28.4. The summed E-state index contributed by atoms with van der Waals surface area (Å²) >= 11 is 0. The van der Waals surface area contributed by atoms with Crippen molar-refractivity contribution in [3.63, 3.8) is 0 Å². The summed E-state index contributed by atoms with van der Waals surface area (Å²) in [6.45, 7) is 17.1. The minimum absolute atomic E-state index is 0.144. The van der Waals surface area contributed by atoms with Crippen LogP contribution < -0.4 is 4.74 Å². The Morgan fingerprint density at radius 3 is 2.39 bits per heavy atom. The Labute approximate surface area is 189 Å². The molecule has 0 amide bonds. The number of carbonyl (C=O) groups is 1. The van der Waals surface area contributed by atoms with Crippen molar-refractivity contribution in [3.05, 3.63) is 54.6 Å². The lowest BCUT2D eigenvalue weighted by Crippen LogP contribution is -2.45. The van der Waals surface area contributed by atoms with Crippen molar-refractivity contribution in [1.29, 1.82) is 0 Å². The molecule has 1 aromatic rings. The lowest BCUT2D eigenvalue weighted by Gasteiger charge is -2.43. The van der Waals surface area contributed by atoms with Crippen molar-refractivity contribution >= 4 is 14.1 Å². The molecule has 0 bridgehead atoms. The molecule has 172 valence electrons. The first kappa shape index (κ1) is 25.6. The Bertz CT molecular complexity index is 761. The first-order chi connectivity index (χ1) is 14.5. The molecule has 2 atom stereocenters. The molecule has 4 nitrogen and oxygen atoms in total. The van der Waals surface area contributed by atoms with Gasteiger partial charge in [0.15, 0.2) is 14.1 Å². The summed E-state index contributed by atoms with van der Waals surface area (Å²) < 4.78 is 18.1. The second-order valence-corrected chi connectivity index (χ2v) is 15.0. The van der Waals surface area contributed by atoms with Gasteiger partial charge in [0.2, 0.25) is 0 Å². The van der Waals surface area contributed by atoms with Gasteiger partial charge in [-0.3, -0.25) is 4.79 Å². The van der Waals surface area contributed by atoms with E-state index < -0.39 is 8.32 Å². The van der Waals surface area contributed by atoms with Crippen LogP contribution >= 0.6 is 0 Å². The number of hydrogen-bond acceptors (Lipinski definition) is 4. The Hall–Kier alpha value is -1.69. The zero-order valence-electron chi connectivity index (χ0n) is 20.2. The van der Waals surface area contributed by atoms with E-state index in [-0.39, 0.29) is 22.2 Å². The first-order valence-corrected chi connectivity index (χ1v) is 14.1. The van der Waals surface area contributed by atoms with Crippen LogP contribution in [0.4, 0.5) is 0 Å². The molecule has 1 aliphatic rings. The minimum atomic E-state index is -1.90. The third kappa shape index (κ3) is 6.89. The van der Waals surface area contributed by atoms with E-state index in [0.717, 1.165) is 24.2 Å². The zero-order valence-corrected chi connectivity index (χ0v) is 21.2. The van der Waals surface area contributed by atoms with Gasteiger partial charge >= 0.3 is 0 Å². The van der Waals surface area contributed by atoms with E-state index in [0.29, 0.717) is 26.2 Å². The van der Waals surface area contributed by atoms with Crippen LogP contribution in [0.2, 0.25) is 18.1 Å². The number of rotatable bonds is 11. The van der Waals surface area contributed by atoms with Gasteiger partial charge in [0.05, 0.1) is 20.3 Å². The summed E-state index contributed by atoms with van der Waals surface area (Å²) in [7, 11) is -0.234. The highest BCUT2D eigenvalue weighted by Gasteiger charge is 2.42. The van der Waals surface area contributed by atoms with Gasteiger partial charge in [0.25, 0.3) is 0 Å². The van der Waals surface area contributed by atoms with Crippen molar-refractivity contribution in [1.82, 2.24) is 0 Å². The summed E-state index contributed by atoms with van der Waals surface area (Å²) in [5.41, 5.74) is 0.954. The largest absolute Gasteiger partial charge is 0.497 e. The zero-order chi connectivity index (χ0) is 23.1. The van der Waals surface area contributed by atoms with Crippen LogP contribution in [0.3, 0.4) is 0 Å². The molecule has 0 spiro atoms. The standard InChI is InChI=1S/C26H40O4Si/c1-8-15-26(16-13-23(27)14-17-26)22(20-30-31(6,7)25(2,3)4)19-29-18-21-9-11-24(28-5)12-10-21/h8-13,16,22H,1,14-15,17-20H2,2-7H3/t22-,26-/m1/s1. The normalized spacial score (nSPS) is 20.5. The Morgan fingerprint density at radius 2 is 1.87 bits per heavy atom. The third-order valence-corrected chi connectivity index (χ3v) is 11.5. The molecule has 2 rings (SSSR count). The number of methoxy groups -OCH3 is 1. The number of ketones is 1. The van der Waals surface area contributed by atoms with E-state index in [9.17, 15) is 4.79 Å². The molecule has 0 saturated heterocycles. The predicted molar refractivity (Wildman–Crippen MR) is 130 cm³/mol. The van der Waals surface area contributed by atoms with Gasteiger partial charge < -0.3 is 13.9 Å².